The summed E-state index contributed by atoms with van der Waals surface area (Å²) in [6.07, 6.45) is 1.93. The molecule has 34 heavy (non-hydrogen) atoms. The number of carbonyl (C=O) groups excluding carboxylic acids is 3. The van der Waals surface area contributed by atoms with Crippen LogP contribution in [0.15, 0.2) is 12.1 Å². The molecule has 0 unspecified atom stereocenters. The molecule has 1 amide bonds. The van der Waals surface area contributed by atoms with Gasteiger partial charge in [-0.1, -0.05) is 5.92 Å². The normalized spacial score (nSPS) is 18.1. The summed E-state index contributed by atoms with van der Waals surface area (Å²) in [4.78, 5) is 45.4. The van der Waals surface area contributed by atoms with Crippen molar-refractivity contribution in [2.75, 3.05) is 20.2 Å². The minimum atomic E-state index is -0.709. The Morgan fingerprint density at radius 1 is 1.12 bits per heavy atom. The van der Waals surface area contributed by atoms with Gasteiger partial charge in [0.2, 0.25) is 5.82 Å². The lowest BCUT2D eigenvalue weighted by Crippen LogP contribution is -2.48. The highest BCUT2D eigenvalue weighted by molar-refractivity contribution is 6.10. The van der Waals surface area contributed by atoms with Crippen molar-refractivity contribution in [3.63, 3.8) is 0 Å². The first-order chi connectivity index (χ1) is 16.2. The Hall–Kier alpha value is -3.47. The van der Waals surface area contributed by atoms with Crippen LogP contribution in [0, 0.1) is 31.1 Å². The first-order valence-electron chi connectivity index (χ1n) is 11.5. The van der Waals surface area contributed by atoms with E-state index in [4.69, 9.17) is 4.74 Å². The number of nitrogens with zero attached hydrogens (tertiary/aromatic N) is 4. The second-order valence-corrected chi connectivity index (χ2v) is 9.46. The second kappa shape index (κ2) is 9.05. The monoisotopic (exact) mass is 462 g/mol. The van der Waals surface area contributed by atoms with E-state index in [0.29, 0.717) is 38.8 Å². The van der Waals surface area contributed by atoms with Crippen LogP contribution in [0.3, 0.4) is 0 Å². The molecule has 0 radical (unpaired) electrons. The summed E-state index contributed by atoms with van der Waals surface area (Å²) >= 11 is 0. The molecule has 8 heteroatoms. The molecule has 1 saturated heterocycles. The first kappa shape index (κ1) is 23.7. The van der Waals surface area contributed by atoms with Crippen LogP contribution < -0.4 is 4.74 Å². The number of piperidine rings is 1. The fraction of sp³-hybridized carbons (Fsp3) is 0.500. The number of hydrogen-bond acceptors (Lipinski definition) is 6. The Balaban J connectivity index is 1.48. The van der Waals surface area contributed by atoms with Crippen molar-refractivity contribution in [2.45, 2.75) is 52.4 Å². The third-order valence-electron chi connectivity index (χ3n) is 7.10. The quantitative estimate of drug-likeness (QED) is 0.514. The second-order valence-electron chi connectivity index (χ2n) is 9.46. The molecule has 0 N–H and O–H groups in total. The maximum absolute atomic E-state index is 13.3. The molecular weight excluding hydrogens is 432 g/mol. The van der Waals surface area contributed by atoms with Crippen LogP contribution >= 0.6 is 0 Å². The number of aromatic nitrogens is 3. The summed E-state index contributed by atoms with van der Waals surface area (Å²) in [6.45, 7) is 6.60. The van der Waals surface area contributed by atoms with Crippen LogP contribution in [0.2, 0.25) is 0 Å². The van der Waals surface area contributed by atoms with Crippen LogP contribution in [0.1, 0.15) is 71.4 Å². The number of likely N-dealkylation sites (tertiary alicyclic amines) is 1. The van der Waals surface area contributed by atoms with E-state index in [-0.39, 0.29) is 34.7 Å². The summed E-state index contributed by atoms with van der Waals surface area (Å²) in [5.41, 5.74) is 3.20. The molecule has 2 fully saturated rings. The lowest BCUT2D eigenvalue weighted by atomic mass is 9.62. The zero-order chi connectivity index (χ0) is 24.6. The largest absolute Gasteiger partial charge is 0.467 e. The van der Waals surface area contributed by atoms with Crippen molar-refractivity contribution in [2.24, 2.45) is 12.5 Å². The highest BCUT2D eigenvalue weighted by Gasteiger charge is 2.48. The summed E-state index contributed by atoms with van der Waals surface area (Å²) in [7, 11) is 3.14. The summed E-state index contributed by atoms with van der Waals surface area (Å²) in [6, 6.07) is 4.18. The number of benzene rings is 1. The molecule has 1 aromatic carbocycles. The molecule has 178 valence electrons. The van der Waals surface area contributed by atoms with Gasteiger partial charge < -0.3 is 9.64 Å². The molecule has 2 aromatic rings. The van der Waals surface area contributed by atoms with E-state index >= 15 is 0 Å². The third-order valence-corrected chi connectivity index (χ3v) is 7.10. The van der Waals surface area contributed by atoms with E-state index in [2.05, 4.69) is 21.9 Å². The summed E-state index contributed by atoms with van der Waals surface area (Å²) in [5, 5.41) is 4.14. The lowest BCUT2D eigenvalue weighted by Gasteiger charge is -2.44. The first-order valence-corrected chi connectivity index (χ1v) is 11.5. The van der Waals surface area contributed by atoms with Gasteiger partial charge in [-0.05, 0) is 67.9 Å². The van der Waals surface area contributed by atoms with Gasteiger partial charge in [-0.25, -0.2) is 4.68 Å². The molecule has 2 heterocycles. The van der Waals surface area contributed by atoms with Crippen molar-refractivity contribution in [3.05, 3.63) is 40.2 Å². The van der Waals surface area contributed by atoms with E-state index < -0.39 is 5.92 Å². The maximum Gasteiger partial charge on any atom is 0.314 e. The molecule has 1 aliphatic carbocycles. The van der Waals surface area contributed by atoms with Gasteiger partial charge in [-0.3, -0.25) is 14.4 Å². The highest BCUT2D eigenvalue weighted by atomic mass is 16.5. The topological polar surface area (TPSA) is 94.4 Å². The smallest absolute Gasteiger partial charge is 0.314 e. The molecular formula is C26H30N4O4. The number of ether oxygens (including phenoxy) is 1. The Morgan fingerprint density at radius 3 is 2.21 bits per heavy atom. The minimum Gasteiger partial charge on any atom is -0.467 e. The summed E-state index contributed by atoms with van der Waals surface area (Å²) < 4.78 is 6.51. The number of methoxy groups -OCH3 is 1. The predicted octanol–water partition coefficient (Wildman–Crippen LogP) is 2.75. The van der Waals surface area contributed by atoms with E-state index in [1.54, 1.807) is 18.9 Å². The standard InChI is InChI=1S/C26H30N4O4/c1-6-7-18-12-16(2)21(17(3)13-18)22-19(31)14-26(15-20(22)32)8-10-30(11-9-26)24(33)23-27-25(34-5)29(4)28-23/h12-13,22H,8-11,14-15H2,1-5H3. The van der Waals surface area contributed by atoms with Crippen LogP contribution in [0.25, 0.3) is 0 Å². The number of rotatable bonds is 3. The van der Waals surface area contributed by atoms with Crippen molar-refractivity contribution in [1.29, 1.82) is 0 Å². The van der Waals surface area contributed by atoms with Gasteiger partial charge >= 0.3 is 6.01 Å². The van der Waals surface area contributed by atoms with E-state index in [9.17, 15) is 14.4 Å². The molecule has 2 aliphatic rings. The number of ketones is 2. The SMILES string of the molecule is CC#Cc1cc(C)c(C2C(=O)CC3(CCN(C(=O)c4nc(OC)n(C)n4)CC3)CC2=O)c(C)c1. The minimum absolute atomic E-state index is 0.0207. The highest BCUT2D eigenvalue weighted by Crippen LogP contribution is 2.46. The number of amides is 1. The van der Waals surface area contributed by atoms with Gasteiger partial charge in [0.1, 0.15) is 17.5 Å². The Labute approximate surface area is 199 Å². The van der Waals surface area contributed by atoms with Crippen LogP contribution in [0.4, 0.5) is 0 Å². The Bertz CT molecular complexity index is 1180. The van der Waals surface area contributed by atoms with Gasteiger partial charge in [-0.2, -0.15) is 4.98 Å². The number of Topliss-reactive ketones (excluding diaryl/α,β-unsaturated/α-hetero) is 2. The predicted molar refractivity (Wildman–Crippen MR) is 126 cm³/mol. The fourth-order valence-electron chi connectivity index (χ4n) is 5.47. The molecule has 8 nitrogen and oxygen atoms in total. The lowest BCUT2D eigenvalue weighted by molar-refractivity contribution is -0.138. The summed E-state index contributed by atoms with van der Waals surface area (Å²) in [5.74, 6) is 5.03. The van der Waals surface area contributed by atoms with Crippen molar-refractivity contribution in [3.8, 4) is 17.9 Å². The fourth-order valence-corrected chi connectivity index (χ4v) is 5.47. The zero-order valence-electron chi connectivity index (χ0n) is 20.4. The number of carbonyl (C=O) groups is 3. The Morgan fingerprint density at radius 2 is 1.71 bits per heavy atom. The maximum atomic E-state index is 13.3. The average Bonchev–Trinajstić information content (AvgIpc) is 3.16. The molecule has 0 atom stereocenters. The Kier molecular flexibility index (Phi) is 6.30. The van der Waals surface area contributed by atoms with Gasteiger partial charge in [0, 0.05) is 38.5 Å². The van der Waals surface area contributed by atoms with E-state index in [1.807, 2.05) is 26.0 Å². The molecule has 4 rings (SSSR count). The van der Waals surface area contributed by atoms with Crippen molar-refractivity contribution >= 4 is 17.5 Å². The molecule has 1 saturated carbocycles. The molecule has 1 aromatic heterocycles. The molecule has 0 bridgehead atoms. The molecule has 1 spiro atoms. The van der Waals surface area contributed by atoms with E-state index in [0.717, 1.165) is 22.3 Å². The van der Waals surface area contributed by atoms with Gasteiger partial charge in [0.15, 0.2) is 0 Å². The van der Waals surface area contributed by atoms with Gasteiger partial charge in [0.05, 0.1) is 7.11 Å². The van der Waals surface area contributed by atoms with Crippen molar-refractivity contribution in [1.82, 2.24) is 19.7 Å². The number of aryl methyl sites for hydroxylation is 3. The zero-order valence-corrected chi connectivity index (χ0v) is 20.4. The van der Waals surface area contributed by atoms with Gasteiger partial charge in [0.25, 0.3) is 5.91 Å². The van der Waals surface area contributed by atoms with Crippen LogP contribution in [0.5, 0.6) is 6.01 Å². The third kappa shape index (κ3) is 4.23. The van der Waals surface area contributed by atoms with E-state index in [1.165, 1.54) is 11.8 Å². The van der Waals surface area contributed by atoms with Gasteiger partial charge in [-0.15, -0.1) is 11.0 Å². The molecule has 1 aliphatic heterocycles. The van der Waals surface area contributed by atoms with Crippen molar-refractivity contribution < 1.29 is 19.1 Å². The van der Waals surface area contributed by atoms with Crippen LogP contribution in [-0.2, 0) is 16.6 Å². The average molecular weight is 463 g/mol. The van der Waals surface area contributed by atoms with Crippen LogP contribution in [-0.4, -0.2) is 57.3 Å². The number of hydrogen-bond donors (Lipinski definition) is 0.